The molecule has 0 unspecified atom stereocenters. The summed E-state index contributed by atoms with van der Waals surface area (Å²) in [6.07, 6.45) is 2.43. The van der Waals surface area contributed by atoms with Gasteiger partial charge in [0.2, 0.25) is 5.91 Å². The number of hydrogen-bond donors (Lipinski definition) is 1. The molecule has 0 aromatic heterocycles. The molecule has 1 saturated heterocycles. The van der Waals surface area contributed by atoms with Crippen LogP contribution in [0.15, 0.2) is 18.2 Å². The van der Waals surface area contributed by atoms with Crippen molar-refractivity contribution in [2.45, 2.75) is 32.2 Å². The Hall–Kier alpha value is -0.970. The van der Waals surface area contributed by atoms with E-state index < -0.39 is 0 Å². The smallest absolute Gasteiger partial charge is 0.226 e. The number of halogens is 2. The van der Waals surface area contributed by atoms with E-state index in [0.29, 0.717) is 28.1 Å². The molecule has 1 aliphatic rings. The number of carbonyl (C=O) groups excluding carboxylic acids is 1. The number of benzene rings is 1. The van der Waals surface area contributed by atoms with Crippen molar-refractivity contribution in [3.63, 3.8) is 0 Å². The third kappa shape index (κ3) is 4.51. The largest absolute Gasteiger partial charge is 0.491 e. The fourth-order valence-corrected chi connectivity index (χ4v) is 3.01. The van der Waals surface area contributed by atoms with Crippen LogP contribution in [0.2, 0.25) is 10.0 Å². The molecular formula is C16H22Cl2N2O2. The van der Waals surface area contributed by atoms with Gasteiger partial charge in [0.1, 0.15) is 10.8 Å². The van der Waals surface area contributed by atoms with Crippen LogP contribution < -0.4 is 10.5 Å². The minimum absolute atomic E-state index is 0.100. The number of hydrogen-bond acceptors (Lipinski definition) is 3. The summed E-state index contributed by atoms with van der Waals surface area (Å²) in [5.41, 5.74) is 5.95. The molecule has 1 aromatic rings. The molecule has 1 amide bonds. The summed E-state index contributed by atoms with van der Waals surface area (Å²) in [5.74, 6) is 0.999. The quantitative estimate of drug-likeness (QED) is 0.890. The van der Waals surface area contributed by atoms with Crippen molar-refractivity contribution in [2.24, 2.45) is 11.7 Å². The predicted molar refractivity (Wildman–Crippen MR) is 89.5 cm³/mol. The van der Waals surface area contributed by atoms with Gasteiger partial charge in [-0.1, -0.05) is 29.3 Å². The third-order valence-electron chi connectivity index (χ3n) is 4.04. The van der Waals surface area contributed by atoms with Crippen LogP contribution in [0.4, 0.5) is 0 Å². The van der Waals surface area contributed by atoms with Crippen molar-refractivity contribution in [1.29, 1.82) is 0 Å². The molecule has 6 heteroatoms. The molecule has 0 radical (unpaired) electrons. The van der Waals surface area contributed by atoms with Gasteiger partial charge in [0, 0.05) is 19.1 Å². The number of amides is 1. The molecule has 122 valence electrons. The van der Waals surface area contributed by atoms with E-state index in [4.69, 9.17) is 33.7 Å². The van der Waals surface area contributed by atoms with E-state index in [1.165, 1.54) is 0 Å². The Kier molecular flexibility index (Phi) is 6.36. The lowest BCUT2D eigenvalue weighted by molar-refractivity contribution is -0.133. The third-order valence-corrected chi connectivity index (χ3v) is 4.85. The molecule has 2 atom stereocenters. The van der Waals surface area contributed by atoms with E-state index >= 15 is 0 Å². The molecule has 2 N–H and O–H groups in total. The Morgan fingerprint density at radius 2 is 2.27 bits per heavy atom. The second kappa shape index (κ2) is 8.04. The van der Waals surface area contributed by atoms with E-state index in [0.717, 1.165) is 25.9 Å². The van der Waals surface area contributed by atoms with Crippen molar-refractivity contribution < 1.29 is 9.53 Å². The standard InChI is InChI=1S/C16H22Cl2N2O2/c1-11(19)12-4-3-8-20(10-12)15(21)7-9-22-14-6-2-5-13(17)16(14)18/h2,5-6,11-12H,3-4,7-10,19H2,1H3/t11-,12-/m0/s1. The fourth-order valence-electron chi connectivity index (χ4n) is 2.67. The number of rotatable bonds is 5. The van der Waals surface area contributed by atoms with Gasteiger partial charge in [-0.15, -0.1) is 0 Å². The van der Waals surface area contributed by atoms with E-state index in [1.807, 2.05) is 11.8 Å². The topological polar surface area (TPSA) is 55.6 Å². The van der Waals surface area contributed by atoms with Crippen molar-refractivity contribution in [2.75, 3.05) is 19.7 Å². The van der Waals surface area contributed by atoms with Crippen molar-refractivity contribution in [3.8, 4) is 5.75 Å². The molecule has 2 rings (SSSR count). The molecule has 1 aliphatic heterocycles. The van der Waals surface area contributed by atoms with Gasteiger partial charge in [0.05, 0.1) is 18.1 Å². The van der Waals surface area contributed by atoms with Gasteiger partial charge in [-0.25, -0.2) is 0 Å². The maximum atomic E-state index is 12.3. The normalized spacial score (nSPS) is 19.8. The van der Waals surface area contributed by atoms with Gasteiger partial charge >= 0.3 is 0 Å². The SMILES string of the molecule is C[C@H](N)[C@H]1CCCN(C(=O)CCOc2cccc(Cl)c2Cl)C1. The van der Waals surface area contributed by atoms with Gasteiger partial charge in [-0.2, -0.15) is 0 Å². The summed E-state index contributed by atoms with van der Waals surface area (Å²) in [7, 11) is 0. The number of carbonyl (C=O) groups is 1. The highest BCUT2D eigenvalue weighted by Gasteiger charge is 2.25. The first kappa shape index (κ1) is 17.4. The Bertz CT molecular complexity index is 523. The van der Waals surface area contributed by atoms with Crippen LogP contribution in [-0.2, 0) is 4.79 Å². The number of ether oxygens (including phenoxy) is 1. The van der Waals surface area contributed by atoms with Crippen molar-refractivity contribution in [1.82, 2.24) is 4.90 Å². The van der Waals surface area contributed by atoms with Crippen LogP contribution >= 0.6 is 23.2 Å². The van der Waals surface area contributed by atoms with Crippen LogP contribution in [0.5, 0.6) is 5.75 Å². The summed E-state index contributed by atoms with van der Waals surface area (Å²) < 4.78 is 5.56. The number of nitrogens with two attached hydrogens (primary N) is 1. The zero-order valence-corrected chi connectivity index (χ0v) is 14.2. The molecule has 1 aromatic carbocycles. The van der Waals surface area contributed by atoms with Crippen LogP contribution in [0.1, 0.15) is 26.2 Å². The van der Waals surface area contributed by atoms with Crippen LogP contribution in [0.3, 0.4) is 0 Å². The minimum atomic E-state index is 0.100. The van der Waals surface area contributed by atoms with Gasteiger partial charge in [0.25, 0.3) is 0 Å². The maximum absolute atomic E-state index is 12.3. The van der Waals surface area contributed by atoms with E-state index in [9.17, 15) is 4.79 Å². The monoisotopic (exact) mass is 344 g/mol. The Balaban J connectivity index is 1.81. The lowest BCUT2D eigenvalue weighted by Gasteiger charge is -2.34. The second-order valence-electron chi connectivity index (χ2n) is 5.75. The van der Waals surface area contributed by atoms with Gasteiger partial charge in [-0.3, -0.25) is 4.79 Å². The molecule has 0 saturated carbocycles. The molecule has 1 heterocycles. The first-order chi connectivity index (χ1) is 10.5. The van der Waals surface area contributed by atoms with Crippen LogP contribution in [-0.4, -0.2) is 36.5 Å². The highest BCUT2D eigenvalue weighted by atomic mass is 35.5. The molecule has 0 aliphatic carbocycles. The van der Waals surface area contributed by atoms with Crippen molar-refractivity contribution >= 4 is 29.1 Å². The molecule has 1 fully saturated rings. The molecule has 0 bridgehead atoms. The highest BCUT2D eigenvalue weighted by Crippen LogP contribution is 2.31. The number of likely N-dealkylation sites (tertiary alicyclic amines) is 1. The Morgan fingerprint density at radius 1 is 1.50 bits per heavy atom. The average Bonchev–Trinajstić information content (AvgIpc) is 2.51. The zero-order valence-electron chi connectivity index (χ0n) is 12.7. The number of piperidine rings is 1. The molecule has 0 spiro atoms. The highest BCUT2D eigenvalue weighted by molar-refractivity contribution is 6.42. The minimum Gasteiger partial charge on any atom is -0.491 e. The fraction of sp³-hybridized carbons (Fsp3) is 0.562. The first-order valence-corrected chi connectivity index (χ1v) is 8.34. The predicted octanol–water partition coefficient (Wildman–Crippen LogP) is 3.35. The van der Waals surface area contributed by atoms with E-state index in [1.54, 1.807) is 18.2 Å². The lowest BCUT2D eigenvalue weighted by Crippen LogP contribution is -2.45. The van der Waals surface area contributed by atoms with Crippen LogP contribution in [0.25, 0.3) is 0 Å². The summed E-state index contributed by atoms with van der Waals surface area (Å²) in [4.78, 5) is 14.1. The number of nitrogens with zero attached hydrogens (tertiary/aromatic N) is 1. The van der Waals surface area contributed by atoms with Crippen molar-refractivity contribution in [3.05, 3.63) is 28.2 Å². The Labute approximate surface area is 141 Å². The summed E-state index contributed by atoms with van der Waals surface area (Å²) >= 11 is 12.0. The summed E-state index contributed by atoms with van der Waals surface area (Å²) in [5, 5.41) is 0.827. The molecule has 22 heavy (non-hydrogen) atoms. The lowest BCUT2D eigenvalue weighted by atomic mass is 9.92. The first-order valence-electron chi connectivity index (χ1n) is 7.59. The van der Waals surface area contributed by atoms with Gasteiger partial charge < -0.3 is 15.4 Å². The summed E-state index contributed by atoms with van der Waals surface area (Å²) in [6, 6.07) is 5.33. The average molecular weight is 345 g/mol. The second-order valence-corrected chi connectivity index (χ2v) is 6.54. The Morgan fingerprint density at radius 3 is 3.00 bits per heavy atom. The summed E-state index contributed by atoms with van der Waals surface area (Å²) in [6.45, 7) is 3.84. The van der Waals surface area contributed by atoms with E-state index in [-0.39, 0.29) is 18.6 Å². The molecule has 4 nitrogen and oxygen atoms in total. The maximum Gasteiger partial charge on any atom is 0.226 e. The zero-order chi connectivity index (χ0) is 16.1. The van der Waals surface area contributed by atoms with Gasteiger partial charge in [0.15, 0.2) is 0 Å². The van der Waals surface area contributed by atoms with Crippen LogP contribution in [0, 0.1) is 5.92 Å². The van der Waals surface area contributed by atoms with Gasteiger partial charge in [-0.05, 0) is 37.8 Å². The van der Waals surface area contributed by atoms with E-state index in [2.05, 4.69) is 0 Å². The molecular weight excluding hydrogens is 323 g/mol.